The summed E-state index contributed by atoms with van der Waals surface area (Å²) in [4.78, 5) is 0. The van der Waals surface area contributed by atoms with Gasteiger partial charge in [0.1, 0.15) is 6.10 Å². The zero-order valence-electron chi connectivity index (χ0n) is 13.7. The smallest absolute Gasteiger partial charge is 0.183 e. The van der Waals surface area contributed by atoms with Gasteiger partial charge >= 0.3 is 0 Å². The van der Waals surface area contributed by atoms with Crippen LogP contribution in [0.15, 0.2) is 60.7 Å². The van der Waals surface area contributed by atoms with Crippen LogP contribution in [0.4, 0.5) is 0 Å². The minimum atomic E-state index is -0.500. The van der Waals surface area contributed by atoms with Gasteiger partial charge in [0.15, 0.2) is 6.29 Å². The molecule has 0 spiro atoms. The molecule has 1 aliphatic heterocycles. The van der Waals surface area contributed by atoms with Gasteiger partial charge in [0.25, 0.3) is 0 Å². The standard InChI is InChI=1S/C20H24O4/c21-18-13-19(23-14-17-9-5-2-6-10-17)20(24-15-18)22-12-11-16-7-3-1-4-8-16/h1-10,18-21H,11-15H2/t18-,19-,20-/m0/s1. The first-order chi connectivity index (χ1) is 11.8. The molecule has 24 heavy (non-hydrogen) atoms. The zero-order valence-corrected chi connectivity index (χ0v) is 13.7. The van der Waals surface area contributed by atoms with Crippen LogP contribution in [0.2, 0.25) is 0 Å². The SMILES string of the molecule is O[C@@H]1CO[C@H](OCCc2ccccc2)[C@@H](OCc2ccccc2)C1. The van der Waals surface area contributed by atoms with Crippen LogP contribution >= 0.6 is 0 Å². The van der Waals surface area contributed by atoms with Crippen molar-refractivity contribution in [3.8, 4) is 0 Å². The fourth-order valence-corrected chi connectivity index (χ4v) is 2.78. The first-order valence-corrected chi connectivity index (χ1v) is 8.42. The van der Waals surface area contributed by atoms with E-state index in [1.165, 1.54) is 5.56 Å². The molecule has 0 amide bonds. The van der Waals surface area contributed by atoms with E-state index in [-0.39, 0.29) is 6.10 Å². The van der Waals surface area contributed by atoms with Crippen LogP contribution in [0, 0.1) is 0 Å². The molecule has 4 heteroatoms. The highest BCUT2D eigenvalue weighted by molar-refractivity contribution is 5.15. The molecule has 1 N–H and O–H groups in total. The van der Waals surface area contributed by atoms with Crippen LogP contribution < -0.4 is 0 Å². The van der Waals surface area contributed by atoms with E-state index in [9.17, 15) is 5.11 Å². The molecule has 4 nitrogen and oxygen atoms in total. The Labute approximate surface area is 143 Å². The summed E-state index contributed by atoms with van der Waals surface area (Å²) < 4.78 is 17.5. The van der Waals surface area contributed by atoms with Gasteiger partial charge in [-0.25, -0.2) is 0 Å². The van der Waals surface area contributed by atoms with Crippen LogP contribution in [0.1, 0.15) is 17.5 Å². The van der Waals surface area contributed by atoms with Crippen molar-refractivity contribution in [1.82, 2.24) is 0 Å². The van der Waals surface area contributed by atoms with Crippen LogP contribution in [-0.2, 0) is 27.2 Å². The summed E-state index contributed by atoms with van der Waals surface area (Å²) in [5.41, 5.74) is 2.33. The average Bonchev–Trinajstić information content (AvgIpc) is 2.63. The van der Waals surface area contributed by atoms with Crippen molar-refractivity contribution >= 4 is 0 Å². The molecule has 0 aliphatic carbocycles. The van der Waals surface area contributed by atoms with Gasteiger partial charge in [-0.15, -0.1) is 0 Å². The number of rotatable bonds is 7. The Kier molecular flexibility index (Phi) is 6.38. The molecule has 2 aromatic carbocycles. The maximum absolute atomic E-state index is 9.84. The number of hydrogen-bond donors (Lipinski definition) is 1. The maximum atomic E-state index is 9.84. The lowest BCUT2D eigenvalue weighted by Crippen LogP contribution is -2.44. The molecule has 1 heterocycles. The van der Waals surface area contributed by atoms with E-state index in [4.69, 9.17) is 14.2 Å². The Morgan fingerprint density at radius 3 is 2.29 bits per heavy atom. The Hall–Kier alpha value is -1.72. The molecule has 3 rings (SSSR count). The Balaban J connectivity index is 1.49. The molecule has 128 valence electrons. The van der Waals surface area contributed by atoms with E-state index < -0.39 is 12.4 Å². The molecule has 0 saturated carbocycles. The van der Waals surface area contributed by atoms with Gasteiger partial charge in [0.05, 0.1) is 25.9 Å². The second kappa shape index (κ2) is 8.94. The maximum Gasteiger partial charge on any atom is 0.183 e. The van der Waals surface area contributed by atoms with Gasteiger partial charge in [-0.2, -0.15) is 0 Å². The third kappa shape index (κ3) is 5.14. The van der Waals surface area contributed by atoms with Crippen LogP contribution in [-0.4, -0.2) is 36.8 Å². The van der Waals surface area contributed by atoms with Crippen molar-refractivity contribution in [2.75, 3.05) is 13.2 Å². The molecule has 0 bridgehead atoms. The van der Waals surface area contributed by atoms with Crippen LogP contribution in [0.3, 0.4) is 0 Å². The van der Waals surface area contributed by atoms with Crippen LogP contribution in [0.5, 0.6) is 0 Å². The van der Waals surface area contributed by atoms with Crippen molar-refractivity contribution in [2.45, 2.75) is 37.9 Å². The number of aliphatic hydroxyl groups is 1. The summed E-state index contributed by atoms with van der Waals surface area (Å²) in [6.07, 6.45) is 0.169. The predicted molar refractivity (Wildman–Crippen MR) is 91.5 cm³/mol. The lowest BCUT2D eigenvalue weighted by atomic mass is 10.1. The van der Waals surface area contributed by atoms with E-state index in [0.717, 1.165) is 12.0 Å². The average molecular weight is 328 g/mol. The monoisotopic (exact) mass is 328 g/mol. The summed E-state index contributed by atoms with van der Waals surface area (Å²) in [5.74, 6) is 0. The lowest BCUT2D eigenvalue weighted by molar-refractivity contribution is -0.249. The minimum Gasteiger partial charge on any atom is -0.391 e. The molecule has 2 aromatic rings. The van der Waals surface area contributed by atoms with Crippen molar-refractivity contribution in [2.24, 2.45) is 0 Å². The van der Waals surface area contributed by atoms with Crippen molar-refractivity contribution < 1.29 is 19.3 Å². The molecule has 0 aromatic heterocycles. The normalized spacial score (nSPS) is 24.0. The van der Waals surface area contributed by atoms with Crippen LogP contribution in [0.25, 0.3) is 0 Å². The first kappa shape index (κ1) is 17.1. The Morgan fingerprint density at radius 2 is 1.58 bits per heavy atom. The summed E-state index contributed by atoms with van der Waals surface area (Å²) in [5, 5.41) is 9.84. The van der Waals surface area contributed by atoms with Crippen molar-refractivity contribution in [3.05, 3.63) is 71.8 Å². The molecule has 1 saturated heterocycles. The van der Waals surface area contributed by atoms with Gasteiger partial charge in [0, 0.05) is 6.42 Å². The molecular formula is C20H24O4. The second-order valence-corrected chi connectivity index (χ2v) is 6.03. The highest BCUT2D eigenvalue weighted by Crippen LogP contribution is 2.20. The first-order valence-electron chi connectivity index (χ1n) is 8.42. The zero-order chi connectivity index (χ0) is 16.6. The van der Waals surface area contributed by atoms with Crippen molar-refractivity contribution in [3.63, 3.8) is 0 Å². The van der Waals surface area contributed by atoms with E-state index in [1.807, 2.05) is 48.5 Å². The minimum absolute atomic E-state index is 0.260. The van der Waals surface area contributed by atoms with E-state index >= 15 is 0 Å². The van der Waals surface area contributed by atoms with Crippen molar-refractivity contribution in [1.29, 1.82) is 0 Å². The molecule has 1 aliphatic rings. The summed E-state index contributed by atoms with van der Waals surface area (Å²) >= 11 is 0. The van der Waals surface area contributed by atoms with E-state index in [0.29, 0.717) is 26.2 Å². The topological polar surface area (TPSA) is 47.9 Å². The number of benzene rings is 2. The van der Waals surface area contributed by atoms with Gasteiger partial charge in [-0.1, -0.05) is 60.7 Å². The second-order valence-electron chi connectivity index (χ2n) is 6.03. The predicted octanol–water partition coefficient (Wildman–Crippen LogP) is 2.94. The highest BCUT2D eigenvalue weighted by Gasteiger charge is 2.32. The molecule has 0 radical (unpaired) electrons. The van der Waals surface area contributed by atoms with Gasteiger partial charge in [-0.05, 0) is 17.5 Å². The van der Waals surface area contributed by atoms with Gasteiger partial charge in [-0.3, -0.25) is 0 Å². The molecular weight excluding hydrogens is 304 g/mol. The third-order valence-electron chi connectivity index (χ3n) is 4.08. The number of ether oxygens (including phenoxy) is 3. The van der Waals surface area contributed by atoms with Gasteiger partial charge in [0.2, 0.25) is 0 Å². The summed E-state index contributed by atoms with van der Waals surface area (Å²) in [7, 11) is 0. The largest absolute Gasteiger partial charge is 0.391 e. The molecule has 1 fully saturated rings. The van der Waals surface area contributed by atoms with E-state index in [2.05, 4.69) is 12.1 Å². The fraction of sp³-hybridized carbons (Fsp3) is 0.400. The Bertz CT molecular complexity index is 587. The number of hydrogen-bond acceptors (Lipinski definition) is 4. The van der Waals surface area contributed by atoms with Gasteiger partial charge < -0.3 is 19.3 Å². The quantitative estimate of drug-likeness (QED) is 0.849. The lowest BCUT2D eigenvalue weighted by Gasteiger charge is -2.34. The Morgan fingerprint density at radius 1 is 0.917 bits per heavy atom. The number of aliphatic hydroxyl groups excluding tert-OH is 1. The fourth-order valence-electron chi connectivity index (χ4n) is 2.78. The summed E-state index contributed by atoms with van der Waals surface area (Å²) in [6, 6.07) is 20.2. The third-order valence-corrected chi connectivity index (χ3v) is 4.08. The highest BCUT2D eigenvalue weighted by atomic mass is 16.7. The summed E-state index contributed by atoms with van der Waals surface area (Å²) in [6.45, 7) is 1.34. The molecule has 0 unspecified atom stereocenters. The van der Waals surface area contributed by atoms with E-state index in [1.54, 1.807) is 0 Å². The molecule has 3 atom stereocenters.